The number of carbonyl (C=O) groups is 2. The Labute approximate surface area is 111 Å². The standard InChI is InChI=1S/C11H10BrNO5/c1-18-9-4-6(12)2-3-7(9)13-8(11(16)17)5-10(14)15/h2-5,13H,1H3,(H,14,15)(H,16,17). The van der Waals surface area contributed by atoms with Gasteiger partial charge in [-0.1, -0.05) is 15.9 Å². The molecule has 0 heterocycles. The summed E-state index contributed by atoms with van der Waals surface area (Å²) in [6, 6.07) is 4.87. The van der Waals surface area contributed by atoms with Gasteiger partial charge in [-0.15, -0.1) is 0 Å². The summed E-state index contributed by atoms with van der Waals surface area (Å²) in [7, 11) is 1.42. The highest BCUT2D eigenvalue weighted by Gasteiger charge is 2.12. The van der Waals surface area contributed by atoms with E-state index in [0.717, 1.165) is 4.47 Å². The topological polar surface area (TPSA) is 95.9 Å². The molecule has 0 aliphatic heterocycles. The molecule has 0 amide bonds. The molecule has 7 heteroatoms. The molecular weight excluding hydrogens is 306 g/mol. The smallest absolute Gasteiger partial charge is 0.352 e. The van der Waals surface area contributed by atoms with E-state index in [9.17, 15) is 9.59 Å². The highest BCUT2D eigenvalue weighted by atomic mass is 79.9. The zero-order valence-corrected chi connectivity index (χ0v) is 10.9. The highest BCUT2D eigenvalue weighted by molar-refractivity contribution is 9.10. The van der Waals surface area contributed by atoms with Gasteiger partial charge in [0.2, 0.25) is 0 Å². The normalized spacial score (nSPS) is 10.9. The van der Waals surface area contributed by atoms with Gasteiger partial charge in [-0.25, -0.2) is 9.59 Å². The number of nitrogens with one attached hydrogen (secondary N) is 1. The fraction of sp³-hybridized carbons (Fsp3) is 0.0909. The number of ether oxygens (including phenoxy) is 1. The van der Waals surface area contributed by atoms with Gasteiger partial charge in [-0.05, 0) is 18.2 Å². The number of carboxylic acids is 2. The number of halogens is 1. The van der Waals surface area contributed by atoms with Crippen molar-refractivity contribution in [3.63, 3.8) is 0 Å². The van der Waals surface area contributed by atoms with Gasteiger partial charge >= 0.3 is 11.9 Å². The molecule has 0 aliphatic carbocycles. The lowest BCUT2D eigenvalue weighted by atomic mass is 10.2. The van der Waals surface area contributed by atoms with Crippen LogP contribution in [-0.2, 0) is 9.59 Å². The van der Waals surface area contributed by atoms with E-state index in [1.165, 1.54) is 7.11 Å². The van der Waals surface area contributed by atoms with E-state index in [1.807, 2.05) is 0 Å². The molecule has 0 saturated heterocycles. The van der Waals surface area contributed by atoms with Crippen LogP contribution in [0.25, 0.3) is 0 Å². The third-order valence-electron chi connectivity index (χ3n) is 1.93. The molecule has 0 aliphatic rings. The van der Waals surface area contributed by atoms with Crippen LogP contribution >= 0.6 is 15.9 Å². The van der Waals surface area contributed by atoms with Crippen molar-refractivity contribution >= 4 is 33.6 Å². The van der Waals surface area contributed by atoms with Crippen LogP contribution < -0.4 is 10.1 Å². The van der Waals surface area contributed by atoms with E-state index < -0.39 is 17.6 Å². The predicted molar refractivity (Wildman–Crippen MR) is 67.7 cm³/mol. The lowest BCUT2D eigenvalue weighted by Crippen LogP contribution is -2.13. The molecule has 0 unspecified atom stereocenters. The Hall–Kier alpha value is -2.02. The van der Waals surface area contributed by atoms with E-state index in [2.05, 4.69) is 21.2 Å². The van der Waals surface area contributed by atoms with Crippen molar-refractivity contribution in [1.82, 2.24) is 0 Å². The molecule has 6 nitrogen and oxygen atoms in total. The van der Waals surface area contributed by atoms with Crippen molar-refractivity contribution in [2.45, 2.75) is 0 Å². The maximum atomic E-state index is 10.9. The van der Waals surface area contributed by atoms with Gasteiger partial charge in [0.25, 0.3) is 0 Å². The maximum Gasteiger partial charge on any atom is 0.352 e. The maximum absolute atomic E-state index is 10.9. The number of hydrogen-bond donors (Lipinski definition) is 3. The Balaban J connectivity index is 3.08. The van der Waals surface area contributed by atoms with E-state index in [1.54, 1.807) is 18.2 Å². The van der Waals surface area contributed by atoms with Crippen LogP contribution in [0.3, 0.4) is 0 Å². The highest BCUT2D eigenvalue weighted by Crippen LogP contribution is 2.28. The third kappa shape index (κ3) is 3.77. The summed E-state index contributed by atoms with van der Waals surface area (Å²) in [5, 5.41) is 19.9. The molecule has 0 saturated carbocycles. The van der Waals surface area contributed by atoms with Gasteiger partial charge in [0, 0.05) is 4.47 Å². The molecule has 0 bridgehead atoms. The average molecular weight is 316 g/mol. The van der Waals surface area contributed by atoms with Crippen LogP contribution in [0.15, 0.2) is 34.4 Å². The van der Waals surface area contributed by atoms with Crippen LogP contribution in [0.2, 0.25) is 0 Å². The minimum atomic E-state index is -1.37. The summed E-state index contributed by atoms with van der Waals surface area (Å²) >= 11 is 3.24. The van der Waals surface area contributed by atoms with Gasteiger partial charge in [-0.2, -0.15) is 0 Å². The second kappa shape index (κ2) is 6.06. The molecular formula is C11H10BrNO5. The Morgan fingerprint density at radius 1 is 1.39 bits per heavy atom. The van der Waals surface area contributed by atoms with Crippen molar-refractivity contribution in [2.75, 3.05) is 12.4 Å². The predicted octanol–water partition coefficient (Wildman–Crippen LogP) is 1.92. The van der Waals surface area contributed by atoms with E-state index in [-0.39, 0.29) is 0 Å². The summed E-state index contributed by atoms with van der Waals surface area (Å²) in [6.07, 6.45) is 0.573. The zero-order chi connectivity index (χ0) is 13.7. The van der Waals surface area contributed by atoms with E-state index in [0.29, 0.717) is 17.5 Å². The first-order chi connectivity index (χ1) is 8.43. The van der Waals surface area contributed by atoms with E-state index >= 15 is 0 Å². The molecule has 1 rings (SSSR count). The van der Waals surface area contributed by atoms with Crippen molar-refractivity contribution in [1.29, 1.82) is 0 Å². The van der Waals surface area contributed by atoms with Crippen molar-refractivity contribution in [3.8, 4) is 5.75 Å². The average Bonchev–Trinajstić information content (AvgIpc) is 2.29. The SMILES string of the molecule is COc1cc(Br)ccc1NC(=CC(=O)O)C(=O)O. The molecule has 0 radical (unpaired) electrons. The second-order valence-corrected chi connectivity index (χ2v) is 4.09. The van der Waals surface area contributed by atoms with Crippen LogP contribution in [-0.4, -0.2) is 29.3 Å². The van der Waals surface area contributed by atoms with Crippen LogP contribution in [0.5, 0.6) is 5.75 Å². The number of hydrogen-bond acceptors (Lipinski definition) is 4. The first-order valence-electron chi connectivity index (χ1n) is 4.72. The molecule has 96 valence electrons. The van der Waals surface area contributed by atoms with Crippen LogP contribution in [0.1, 0.15) is 0 Å². The largest absolute Gasteiger partial charge is 0.495 e. The quantitative estimate of drug-likeness (QED) is 0.718. The Morgan fingerprint density at radius 3 is 2.56 bits per heavy atom. The first-order valence-corrected chi connectivity index (χ1v) is 5.52. The van der Waals surface area contributed by atoms with Crippen molar-refractivity contribution in [2.24, 2.45) is 0 Å². The molecule has 0 atom stereocenters. The monoisotopic (exact) mass is 315 g/mol. The summed E-state index contributed by atoms with van der Waals surface area (Å²) in [6.45, 7) is 0. The number of aliphatic carboxylic acids is 2. The molecule has 0 fully saturated rings. The van der Waals surface area contributed by atoms with E-state index in [4.69, 9.17) is 14.9 Å². The zero-order valence-electron chi connectivity index (χ0n) is 9.31. The van der Waals surface area contributed by atoms with Gasteiger partial charge in [0.1, 0.15) is 11.4 Å². The third-order valence-corrected chi connectivity index (χ3v) is 2.42. The first kappa shape index (κ1) is 14.0. The van der Waals surface area contributed by atoms with Crippen LogP contribution in [0.4, 0.5) is 5.69 Å². The van der Waals surface area contributed by atoms with Crippen molar-refractivity contribution < 1.29 is 24.5 Å². The lowest BCUT2D eigenvalue weighted by molar-refractivity contribution is -0.134. The van der Waals surface area contributed by atoms with Gasteiger partial charge in [-0.3, -0.25) is 0 Å². The van der Waals surface area contributed by atoms with Crippen molar-refractivity contribution in [3.05, 3.63) is 34.4 Å². The Morgan fingerprint density at radius 2 is 2.06 bits per heavy atom. The Bertz CT molecular complexity index is 512. The number of rotatable bonds is 5. The lowest BCUT2D eigenvalue weighted by Gasteiger charge is -2.11. The molecule has 0 spiro atoms. The fourth-order valence-corrected chi connectivity index (χ4v) is 1.53. The van der Waals surface area contributed by atoms with Crippen LogP contribution in [0, 0.1) is 0 Å². The summed E-state index contributed by atoms with van der Waals surface area (Å²) in [4.78, 5) is 21.4. The summed E-state index contributed by atoms with van der Waals surface area (Å²) < 4.78 is 5.81. The minimum Gasteiger partial charge on any atom is -0.495 e. The second-order valence-electron chi connectivity index (χ2n) is 3.17. The summed E-state index contributed by atoms with van der Waals surface area (Å²) in [5.74, 6) is -2.33. The summed E-state index contributed by atoms with van der Waals surface area (Å²) in [5.41, 5.74) is -0.0984. The number of methoxy groups -OCH3 is 1. The molecule has 18 heavy (non-hydrogen) atoms. The molecule has 1 aromatic carbocycles. The molecule has 0 aromatic heterocycles. The number of benzene rings is 1. The fourth-order valence-electron chi connectivity index (χ4n) is 1.19. The molecule has 3 N–H and O–H groups in total. The number of carboxylic acid groups (broad SMARTS) is 2. The number of anilines is 1. The molecule has 1 aromatic rings. The minimum absolute atomic E-state index is 0.357. The van der Waals surface area contributed by atoms with Gasteiger partial charge in [0.05, 0.1) is 18.9 Å². The van der Waals surface area contributed by atoms with Gasteiger partial charge < -0.3 is 20.3 Å². The Kier molecular flexibility index (Phi) is 4.73. The van der Waals surface area contributed by atoms with Gasteiger partial charge in [0.15, 0.2) is 0 Å².